The van der Waals surface area contributed by atoms with Crippen molar-refractivity contribution in [2.24, 2.45) is 0 Å². The largest absolute Gasteiger partial charge is 0.491 e. The summed E-state index contributed by atoms with van der Waals surface area (Å²) in [5, 5.41) is 13.3. The summed E-state index contributed by atoms with van der Waals surface area (Å²) in [6, 6.07) is 12.4. The second kappa shape index (κ2) is 5.53. The molecule has 0 saturated carbocycles. The molecule has 2 N–H and O–H groups in total. The molecule has 1 aliphatic heterocycles. The first-order valence-corrected chi connectivity index (χ1v) is 8.53. The maximum absolute atomic E-state index is 9.81. The first-order chi connectivity index (χ1) is 10.7. The van der Waals surface area contributed by atoms with Crippen LogP contribution in [0.1, 0.15) is 38.8 Å². The Morgan fingerprint density at radius 2 is 1.83 bits per heavy atom. The number of aliphatic hydroxyl groups is 1. The molecule has 122 valence electrons. The van der Waals surface area contributed by atoms with Crippen LogP contribution in [0.25, 0.3) is 0 Å². The molecule has 3 rings (SSSR count). The lowest BCUT2D eigenvalue weighted by Crippen LogP contribution is -2.28. The zero-order valence-corrected chi connectivity index (χ0v) is 15.5. The van der Waals surface area contributed by atoms with Gasteiger partial charge in [-0.05, 0) is 49.2 Å². The van der Waals surface area contributed by atoms with Gasteiger partial charge < -0.3 is 15.2 Å². The number of hydrogen-bond donors (Lipinski definition) is 2. The van der Waals surface area contributed by atoms with Crippen LogP contribution >= 0.6 is 15.9 Å². The van der Waals surface area contributed by atoms with Gasteiger partial charge >= 0.3 is 0 Å². The predicted molar refractivity (Wildman–Crippen MR) is 97.8 cm³/mol. The van der Waals surface area contributed by atoms with E-state index in [-0.39, 0.29) is 12.0 Å². The molecule has 0 saturated heterocycles. The van der Waals surface area contributed by atoms with Gasteiger partial charge in [0.1, 0.15) is 12.4 Å². The molecule has 0 unspecified atom stereocenters. The Kier molecular flexibility index (Phi) is 3.93. The number of halogens is 1. The minimum atomic E-state index is -0.846. The predicted octanol–water partition coefficient (Wildman–Crippen LogP) is 4.98. The first-order valence-electron chi connectivity index (χ1n) is 7.74. The second-order valence-corrected chi connectivity index (χ2v) is 8.16. The van der Waals surface area contributed by atoms with E-state index in [1.807, 2.05) is 18.2 Å². The molecule has 2 aromatic rings. The van der Waals surface area contributed by atoms with Crippen LogP contribution in [-0.4, -0.2) is 17.3 Å². The summed E-state index contributed by atoms with van der Waals surface area (Å²) in [6.07, 6.45) is 0. The van der Waals surface area contributed by atoms with Gasteiger partial charge in [0.25, 0.3) is 0 Å². The number of ether oxygens (including phenoxy) is 1. The third-order valence-electron chi connectivity index (χ3n) is 4.18. The maximum Gasteiger partial charge on any atom is 0.121 e. The fourth-order valence-electron chi connectivity index (χ4n) is 2.95. The van der Waals surface area contributed by atoms with Crippen molar-refractivity contribution in [3.63, 3.8) is 0 Å². The molecule has 0 aromatic heterocycles. The molecule has 2 aromatic carbocycles. The Bertz CT molecular complexity index is 748. The Labute approximate surface area is 145 Å². The van der Waals surface area contributed by atoms with Gasteiger partial charge in [0.15, 0.2) is 0 Å². The van der Waals surface area contributed by atoms with Crippen molar-refractivity contribution in [2.45, 2.75) is 38.7 Å². The zero-order valence-electron chi connectivity index (χ0n) is 13.9. The lowest BCUT2D eigenvalue weighted by atomic mass is 9.74. The maximum atomic E-state index is 9.81. The summed E-state index contributed by atoms with van der Waals surface area (Å²) in [6.45, 7) is 8.20. The highest BCUT2D eigenvalue weighted by Gasteiger charge is 2.32. The van der Waals surface area contributed by atoms with Crippen LogP contribution in [-0.2, 0) is 5.41 Å². The topological polar surface area (TPSA) is 41.5 Å². The number of benzene rings is 2. The van der Waals surface area contributed by atoms with E-state index >= 15 is 0 Å². The number of anilines is 2. The molecule has 0 amide bonds. The normalized spacial score (nSPS) is 15.4. The molecular weight excluding hydrogens is 354 g/mol. The standard InChI is InChI=1S/C19H22BrNO2/c1-18(2,22)11-23-13-6-7-14-17(10-13)21-16-8-5-12(20)9-15(16)19(14,3)4/h5-10,21-22H,11H2,1-4H3. The van der Waals surface area contributed by atoms with Crippen molar-refractivity contribution >= 4 is 27.3 Å². The van der Waals surface area contributed by atoms with Crippen LogP contribution < -0.4 is 10.1 Å². The molecule has 4 heteroatoms. The van der Waals surface area contributed by atoms with Crippen LogP contribution in [0.15, 0.2) is 40.9 Å². The third kappa shape index (κ3) is 3.24. The summed E-state index contributed by atoms with van der Waals surface area (Å²) >= 11 is 3.56. The number of rotatable bonds is 3. The Balaban J connectivity index is 1.97. The summed E-state index contributed by atoms with van der Waals surface area (Å²) in [5.74, 6) is 0.759. The summed E-state index contributed by atoms with van der Waals surface area (Å²) in [7, 11) is 0. The van der Waals surface area contributed by atoms with Crippen molar-refractivity contribution in [3.8, 4) is 5.75 Å². The van der Waals surface area contributed by atoms with E-state index in [1.54, 1.807) is 13.8 Å². The zero-order chi connectivity index (χ0) is 16.8. The molecule has 0 bridgehead atoms. The summed E-state index contributed by atoms with van der Waals surface area (Å²) < 4.78 is 6.80. The van der Waals surface area contributed by atoms with Crippen molar-refractivity contribution in [1.82, 2.24) is 0 Å². The average Bonchev–Trinajstić information content (AvgIpc) is 2.45. The fraction of sp³-hybridized carbons (Fsp3) is 0.368. The molecule has 0 spiro atoms. The molecule has 0 atom stereocenters. The van der Waals surface area contributed by atoms with Gasteiger partial charge in [0.05, 0.1) is 5.60 Å². The van der Waals surface area contributed by atoms with Gasteiger partial charge in [-0.15, -0.1) is 0 Å². The first kappa shape index (κ1) is 16.3. The molecule has 0 radical (unpaired) electrons. The number of hydrogen-bond acceptors (Lipinski definition) is 3. The van der Waals surface area contributed by atoms with Crippen molar-refractivity contribution in [2.75, 3.05) is 11.9 Å². The van der Waals surface area contributed by atoms with Crippen LogP contribution in [0, 0.1) is 0 Å². The quantitative estimate of drug-likeness (QED) is 0.794. The monoisotopic (exact) mass is 375 g/mol. The molecule has 0 fully saturated rings. The van der Waals surface area contributed by atoms with Gasteiger partial charge in [0.2, 0.25) is 0 Å². The minimum Gasteiger partial charge on any atom is -0.491 e. The van der Waals surface area contributed by atoms with Gasteiger partial charge in [0, 0.05) is 27.3 Å². The lowest BCUT2D eigenvalue weighted by molar-refractivity contribution is 0.0285. The molecule has 0 aliphatic carbocycles. The molecule has 23 heavy (non-hydrogen) atoms. The number of nitrogens with one attached hydrogen (secondary N) is 1. The molecular formula is C19H22BrNO2. The van der Waals surface area contributed by atoms with Crippen molar-refractivity contribution < 1.29 is 9.84 Å². The number of fused-ring (bicyclic) bond motifs is 2. The van der Waals surface area contributed by atoms with Gasteiger partial charge in [-0.1, -0.05) is 35.8 Å². The summed E-state index contributed by atoms with van der Waals surface area (Å²) in [4.78, 5) is 0. The molecule has 1 heterocycles. The van der Waals surface area contributed by atoms with Crippen molar-refractivity contribution in [1.29, 1.82) is 0 Å². The van der Waals surface area contributed by atoms with E-state index in [2.05, 4.69) is 53.3 Å². The Morgan fingerprint density at radius 1 is 1.09 bits per heavy atom. The van der Waals surface area contributed by atoms with E-state index in [0.717, 1.165) is 21.6 Å². The van der Waals surface area contributed by atoms with E-state index in [9.17, 15) is 5.11 Å². The van der Waals surface area contributed by atoms with E-state index in [1.165, 1.54) is 11.1 Å². The third-order valence-corrected chi connectivity index (χ3v) is 4.67. The highest BCUT2D eigenvalue weighted by molar-refractivity contribution is 9.10. The van der Waals surface area contributed by atoms with Crippen molar-refractivity contribution in [3.05, 3.63) is 52.0 Å². The van der Waals surface area contributed by atoms with Gasteiger partial charge in [-0.2, -0.15) is 0 Å². The molecule has 1 aliphatic rings. The van der Waals surface area contributed by atoms with Gasteiger partial charge in [-0.3, -0.25) is 0 Å². The van der Waals surface area contributed by atoms with E-state index in [4.69, 9.17) is 4.74 Å². The Morgan fingerprint density at radius 3 is 2.52 bits per heavy atom. The summed E-state index contributed by atoms with van der Waals surface area (Å²) in [5.41, 5.74) is 3.74. The van der Waals surface area contributed by atoms with Crippen LogP contribution in [0.4, 0.5) is 11.4 Å². The smallest absolute Gasteiger partial charge is 0.121 e. The van der Waals surface area contributed by atoms with Crippen LogP contribution in [0.2, 0.25) is 0 Å². The lowest BCUT2D eigenvalue weighted by Gasteiger charge is -2.36. The highest BCUT2D eigenvalue weighted by Crippen LogP contribution is 2.46. The SMILES string of the molecule is CC(C)(O)COc1ccc2c(c1)Nc1ccc(Br)cc1C2(C)C. The van der Waals surface area contributed by atoms with E-state index in [0.29, 0.717) is 0 Å². The fourth-order valence-corrected chi connectivity index (χ4v) is 3.32. The Hall–Kier alpha value is -1.52. The highest BCUT2D eigenvalue weighted by atomic mass is 79.9. The second-order valence-electron chi connectivity index (χ2n) is 7.25. The minimum absolute atomic E-state index is 0.0888. The van der Waals surface area contributed by atoms with Crippen LogP contribution in [0.3, 0.4) is 0 Å². The van der Waals surface area contributed by atoms with Crippen LogP contribution in [0.5, 0.6) is 5.75 Å². The van der Waals surface area contributed by atoms with Gasteiger partial charge in [-0.25, -0.2) is 0 Å². The van der Waals surface area contributed by atoms with E-state index < -0.39 is 5.60 Å². The average molecular weight is 376 g/mol. The molecule has 3 nitrogen and oxygen atoms in total.